The molecule has 1 N–H and O–H groups in total. The van der Waals surface area contributed by atoms with E-state index in [2.05, 4.69) is 41.4 Å². The van der Waals surface area contributed by atoms with Crippen molar-refractivity contribution in [3.05, 3.63) is 59.8 Å². The van der Waals surface area contributed by atoms with Gasteiger partial charge in [-0.1, -0.05) is 30.3 Å². The molecule has 0 saturated heterocycles. The minimum absolute atomic E-state index is 0.946. The molecule has 0 aliphatic heterocycles. The summed E-state index contributed by atoms with van der Waals surface area (Å²) >= 11 is 0. The Labute approximate surface area is 120 Å². The normalized spacial score (nSPS) is 11.7. The Bertz CT molecular complexity index is 667. The molecule has 0 radical (unpaired) electrons. The zero-order valence-corrected chi connectivity index (χ0v) is 11.9. The molecular weight excluding hydrogens is 307 g/mol. The van der Waals surface area contributed by atoms with Gasteiger partial charge in [-0.25, -0.2) is 17.6 Å². The van der Waals surface area contributed by atoms with E-state index in [1.165, 1.54) is 5.56 Å². The maximum absolute atomic E-state index is 10.8. The van der Waals surface area contributed by atoms with Gasteiger partial charge < -0.3 is 5.14 Å². The molecule has 5 nitrogen and oxygen atoms in total. The molecule has 1 heterocycles. The molecule has 0 atom stereocenters. The zero-order valence-electron chi connectivity index (χ0n) is 11.1. The third kappa shape index (κ3) is 5.96. The van der Waals surface area contributed by atoms with E-state index in [4.69, 9.17) is 5.14 Å². The maximum Gasteiger partial charge on any atom is 0.479 e. The highest BCUT2D eigenvalue weighted by Crippen LogP contribution is 2.22. The van der Waals surface area contributed by atoms with E-state index in [0.29, 0.717) is 0 Å². The molecule has 0 amide bonds. The van der Waals surface area contributed by atoms with Crippen LogP contribution in [-0.2, 0) is 23.6 Å². The lowest BCUT2D eigenvalue weighted by Crippen LogP contribution is -2.23. The number of alkyl halides is 3. The minimum atomic E-state index is -5.59. The van der Waals surface area contributed by atoms with Crippen LogP contribution in [0.25, 0.3) is 5.14 Å². The highest BCUT2D eigenvalue weighted by molar-refractivity contribution is 7.93. The molecule has 0 aliphatic carbocycles. The lowest BCUT2D eigenvalue weighted by Gasteiger charge is -2.07. The van der Waals surface area contributed by atoms with Crippen LogP contribution in [0.1, 0.15) is 5.56 Å². The molecule has 21 heavy (non-hydrogen) atoms. The number of hydrogen-bond donors (Lipinski definition) is 0. The summed E-state index contributed by atoms with van der Waals surface area (Å²) < 4.78 is 55.0. The molecular formula is C12H14F3N3O2S. The number of imidazole rings is 1. The number of sulfonamides is 1. The number of aromatic nitrogens is 2. The second kappa shape index (κ2) is 6.72. The third-order valence-corrected chi connectivity index (χ3v) is 2.95. The summed E-state index contributed by atoms with van der Waals surface area (Å²) in [7, 11) is -3.56. The van der Waals surface area contributed by atoms with Crippen LogP contribution in [0.3, 0.4) is 0 Å². The molecule has 0 aliphatic rings. The van der Waals surface area contributed by atoms with Crippen molar-refractivity contribution in [2.75, 3.05) is 0 Å². The number of aryl methyl sites for hydroxylation is 1. The Balaban J connectivity index is 0.000000240. The van der Waals surface area contributed by atoms with Crippen molar-refractivity contribution in [2.24, 2.45) is 7.05 Å². The highest BCUT2D eigenvalue weighted by atomic mass is 32.2. The first-order valence-corrected chi connectivity index (χ1v) is 7.19. The summed E-state index contributed by atoms with van der Waals surface area (Å²) in [5.41, 5.74) is -4.09. The van der Waals surface area contributed by atoms with E-state index < -0.39 is 15.5 Å². The molecule has 2 aromatic rings. The fourth-order valence-electron chi connectivity index (χ4n) is 1.39. The van der Waals surface area contributed by atoms with Crippen molar-refractivity contribution in [2.45, 2.75) is 12.1 Å². The fourth-order valence-corrected chi connectivity index (χ4v) is 1.39. The topological polar surface area (TPSA) is 66.8 Å². The molecule has 0 spiro atoms. The Kier molecular flexibility index (Phi) is 5.50. The average molecular weight is 321 g/mol. The SMILES string of the molecule is C[n+]1ccn(Cc2ccccc2)c1.[NH-]S(=O)(=O)C(F)(F)F. The summed E-state index contributed by atoms with van der Waals surface area (Å²) in [4.78, 5) is 0. The van der Waals surface area contributed by atoms with Gasteiger partial charge in [0.05, 0.1) is 7.05 Å². The predicted molar refractivity (Wildman–Crippen MR) is 70.4 cm³/mol. The van der Waals surface area contributed by atoms with Gasteiger partial charge in [-0.2, -0.15) is 13.2 Å². The molecule has 0 saturated carbocycles. The molecule has 0 fully saturated rings. The van der Waals surface area contributed by atoms with Gasteiger partial charge in [0.25, 0.3) is 0 Å². The first kappa shape index (κ1) is 17.2. The van der Waals surface area contributed by atoms with E-state index >= 15 is 0 Å². The van der Waals surface area contributed by atoms with Crippen LogP contribution >= 0.6 is 0 Å². The summed E-state index contributed by atoms with van der Waals surface area (Å²) in [5, 5.41) is 5.43. The Morgan fingerprint density at radius 3 is 2.14 bits per heavy atom. The predicted octanol–water partition coefficient (Wildman–Crippen LogP) is 2.25. The van der Waals surface area contributed by atoms with E-state index in [1.54, 1.807) is 0 Å². The number of halogens is 3. The van der Waals surface area contributed by atoms with Crippen molar-refractivity contribution in [3.8, 4) is 0 Å². The van der Waals surface area contributed by atoms with Crippen LogP contribution < -0.4 is 4.57 Å². The van der Waals surface area contributed by atoms with Crippen LogP contribution in [0, 0.1) is 0 Å². The Morgan fingerprint density at radius 1 is 1.24 bits per heavy atom. The highest BCUT2D eigenvalue weighted by Gasteiger charge is 2.36. The van der Waals surface area contributed by atoms with Gasteiger partial charge in [0, 0.05) is 0 Å². The second-order valence-corrected chi connectivity index (χ2v) is 5.66. The minimum Gasteiger partial charge on any atom is -0.556 e. The van der Waals surface area contributed by atoms with Crippen molar-refractivity contribution in [3.63, 3.8) is 0 Å². The quantitative estimate of drug-likeness (QED) is 0.796. The standard InChI is InChI=1S/C11H13N2.CHF3NO2S/c1-12-7-8-13(10-12)9-11-5-3-2-4-6-11;2-1(3,4)8(5,6)7/h2-8,10H,9H2,1H3;(H-,5,6,7)/q+1;-1. The molecule has 2 rings (SSSR count). The van der Waals surface area contributed by atoms with Gasteiger partial charge in [0.15, 0.2) is 10.0 Å². The van der Waals surface area contributed by atoms with Crippen LogP contribution in [0.15, 0.2) is 49.1 Å². The van der Waals surface area contributed by atoms with Crippen LogP contribution in [0.5, 0.6) is 0 Å². The average Bonchev–Trinajstić information content (AvgIpc) is 2.74. The molecule has 0 unspecified atom stereocenters. The Morgan fingerprint density at radius 2 is 1.76 bits per heavy atom. The summed E-state index contributed by atoms with van der Waals surface area (Å²) in [5.74, 6) is 0. The van der Waals surface area contributed by atoms with E-state index in [9.17, 15) is 21.6 Å². The molecule has 1 aromatic heterocycles. The van der Waals surface area contributed by atoms with Gasteiger partial charge in [0.2, 0.25) is 6.33 Å². The maximum atomic E-state index is 10.8. The first-order chi connectivity index (χ1) is 9.59. The number of nitrogens with one attached hydrogen (secondary N) is 1. The zero-order chi connectivity index (χ0) is 16.1. The van der Waals surface area contributed by atoms with Gasteiger partial charge in [-0.15, -0.1) is 0 Å². The van der Waals surface area contributed by atoms with E-state index in [-0.39, 0.29) is 0 Å². The van der Waals surface area contributed by atoms with Crippen molar-refractivity contribution in [1.82, 2.24) is 4.57 Å². The Hall–Kier alpha value is -1.87. The molecule has 9 heteroatoms. The van der Waals surface area contributed by atoms with Gasteiger partial charge in [0.1, 0.15) is 18.9 Å². The van der Waals surface area contributed by atoms with E-state index in [1.807, 2.05) is 23.9 Å². The van der Waals surface area contributed by atoms with Gasteiger partial charge in [-0.3, -0.25) is 0 Å². The van der Waals surface area contributed by atoms with Crippen molar-refractivity contribution in [1.29, 1.82) is 0 Å². The van der Waals surface area contributed by atoms with Crippen molar-refractivity contribution < 1.29 is 26.2 Å². The van der Waals surface area contributed by atoms with Gasteiger partial charge in [-0.05, 0) is 5.56 Å². The fraction of sp³-hybridized carbons (Fsp3) is 0.250. The monoisotopic (exact) mass is 321 g/mol. The molecule has 116 valence electrons. The third-order valence-electron chi connectivity index (χ3n) is 2.34. The van der Waals surface area contributed by atoms with E-state index in [0.717, 1.165) is 6.54 Å². The largest absolute Gasteiger partial charge is 0.556 e. The molecule has 1 aromatic carbocycles. The summed E-state index contributed by atoms with van der Waals surface area (Å²) in [6, 6.07) is 10.5. The summed E-state index contributed by atoms with van der Waals surface area (Å²) in [6.07, 6.45) is 6.20. The first-order valence-electron chi connectivity index (χ1n) is 5.70. The number of nitrogens with zero attached hydrogens (tertiary/aromatic N) is 2. The van der Waals surface area contributed by atoms with Crippen molar-refractivity contribution >= 4 is 10.0 Å². The second-order valence-electron chi connectivity index (χ2n) is 4.19. The lowest BCUT2D eigenvalue weighted by molar-refractivity contribution is -0.671. The number of hydrogen-bond acceptors (Lipinski definition) is 2. The number of benzene rings is 1. The number of rotatable bonds is 2. The lowest BCUT2D eigenvalue weighted by atomic mass is 10.2. The van der Waals surface area contributed by atoms with Crippen LogP contribution in [0.4, 0.5) is 13.2 Å². The van der Waals surface area contributed by atoms with Gasteiger partial charge >= 0.3 is 5.51 Å². The van der Waals surface area contributed by atoms with Crippen LogP contribution in [0.2, 0.25) is 0 Å². The summed E-state index contributed by atoms with van der Waals surface area (Å²) in [6.45, 7) is 0.946. The van der Waals surface area contributed by atoms with Crippen LogP contribution in [-0.4, -0.2) is 18.5 Å². The smallest absolute Gasteiger partial charge is 0.479 e. The molecule has 0 bridgehead atoms.